The first-order valence-electron chi connectivity index (χ1n) is 9.21. The molecule has 0 fully saturated rings. The molecule has 0 aromatic heterocycles. The van der Waals surface area contributed by atoms with Crippen molar-refractivity contribution < 1.29 is 30.7 Å². The Labute approximate surface area is 187 Å². The second-order valence-electron chi connectivity index (χ2n) is 7.39. The maximum atomic E-state index is 10.9. The van der Waals surface area contributed by atoms with Crippen LogP contribution in [0.2, 0.25) is 0 Å². The van der Waals surface area contributed by atoms with Crippen molar-refractivity contribution in [3.8, 4) is 11.5 Å². The van der Waals surface area contributed by atoms with Gasteiger partial charge < -0.3 is 9.84 Å². The average molecular weight is 502 g/mol. The summed E-state index contributed by atoms with van der Waals surface area (Å²) >= 11 is -0.826. The Bertz CT molecular complexity index is 750. The summed E-state index contributed by atoms with van der Waals surface area (Å²) in [6.45, 7) is 9.33. The number of halogens is 2. The molecule has 2 aromatic rings. The van der Waals surface area contributed by atoms with Crippen molar-refractivity contribution in [2.45, 2.75) is 39.5 Å². The van der Waals surface area contributed by atoms with Crippen LogP contribution in [-0.4, -0.2) is 25.0 Å². The molecule has 0 atom stereocenters. The molecule has 0 saturated heterocycles. The Morgan fingerprint density at radius 2 is 1.79 bits per heavy atom. The van der Waals surface area contributed by atoms with E-state index in [9.17, 15) is 5.11 Å². The molecular formula is C22H29Cl2NO2Zr. The molecular weight excluding hydrogens is 472 g/mol. The number of ether oxygens (including phenoxy) is 1. The molecule has 0 aliphatic rings. The van der Waals surface area contributed by atoms with Gasteiger partial charge in [0.25, 0.3) is 0 Å². The second kappa shape index (κ2) is 12.7. The Morgan fingerprint density at radius 3 is 2.32 bits per heavy atom. The number of phenols is 1. The standard InChI is InChI=1S/C22H29NO2.2ClH.Zr/c1-16(2)11-12-23-15-17-13-19(25-5)14-20(21(17)24)22(3,4)18-9-7-6-8-10-18;;;/h6-10,13-16,24H,11-12H2,1-5H3;2*1H;/q;;;+2/p-2. The van der Waals surface area contributed by atoms with Crippen LogP contribution in [0.3, 0.4) is 0 Å². The summed E-state index contributed by atoms with van der Waals surface area (Å²) < 4.78 is 5.45. The summed E-state index contributed by atoms with van der Waals surface area (Å²) in [6, 6.07) is 13.9. The monoisotopic (exact) mass is 499 g/mol. The molecule has 0 unspecified atom stereocenters. The molecule has 0 aliphatic heterocycles. The van der Waals surface area contributed by atoms with Gasteiger partial charge in [0.1, 0.15) is 11.5 Å². The van der Waals surface area contributed by atoms with Crippen molar-refractivity contribution in [1.82, 2.24) is 0 Å². The van der Waals surface area contributed by atoms with E-state index in [0.29, 0.717) is 11.5 Å². The zero-order valence-corrected chi connectivity index (χ0v) is 21.1. The zero-order chi connectivity index (χ0) is 21.2. The topological polar surface area (TPSA) is 41.8 Å². The summed E-state index contributed by atoms with van der Waals surface area (Å²) in [7, 11) is 11.5. The Balaban J connectivity index is 0.00000122. The predicted molar refractivity (Wildman–Crippen MR) is 117 cm³/mol. The number of aromatic hydroxyl groups is 1. The van der Waals surface area contributed by atoms with E-state index < -0.39 is 20.8 Å². The van der Waals surface area contributed by atoms with Crippen LogP contribution in [0.15, 0.2) is 47.5 Å². The van der Waals surface area contributed by atoms with Crippen LogP contribution in [-0.2, 0) is 26.3 Å². The summed E-state index contributed by atoms with van der Waals surface area (Å²) in [5.74, 6) is 1.61. The van der Waals surface area contributed by atoms with Gasteiger partial charge in [0.2, 0.25) is 0 Å². The fourth-order valence-electron chi connectivity index (χ4n) is 2.83. The van der Waals surface area contributed by atoms with Gasteiger partial charge in [-0.2, -0.15) is 0 Å². The number of benzene rings is 2. The SMILES string of the molecule is COc1cc(C=NCCC(C)C)c(O)c(C(C)(C)c2ccccc2)c1.[Cl][Zr][Cl]. The van der Waals surface area contributed by atoms with Gasteiger partial charge in [0.05, 0.1) is 7.11 Å². The summed E-state index contributed by atoms with van der Waals surface area (Å²) in [4.78, 5) is 4.47. The molecule has 0 saturated carbocycles. The number of rotatable bonds is 7. The minimum absolute atomic E-state index is 0.267. The van der Waals surface area contributed by atoms with E-state index in [-0.39, 0.29) is 11.2 Å². The molecule has 152 valence electrons. The van der Waals surface area contributed by atoms with Crippen molar-refractivity contribution in [3.05, 3.63) is 59.2 Å². The van der Waals surface area contributed by atoms with E-state index in [4.69, 9.17) is 21.8 Å². The summed E-state index contributed by atoms with van der Waals surface area (Å²) in [5, 5.41) is 10.9. The number of phenolic OH excluding ortho intramolecular Hbond substituents is 1. The van der Waals surface area contributed by atoms with Crippen molar-refractivity contribution in [2.24, 2.45) is 10.9 Å². The van der Waals surface area contributed by atoms with E-state index in [0.717, 1.165) is 29.8 Å². The van der Waals surface area contributed by atoms with E-state index in [1.807, 2.05) is 30.3 Å². The maximum absolute atomic E-state index is 10.9. The third kappa shape index (κ3) is 7.54. The van der Waals surface area contributed by atoms with Crippen LogP contribution in [0.4, 0.5) is 0 Å². The number of hydrogen-bond donors (Lipinski definition) is 1. The Hall–Kier alpha value is -0.827. The fourth-order valence-corrected chi connectivity index (χ4v) is 2.83. The minimum atomic E-state index is -0.826. The Kier molecular flexibility index (Phi) is 11.4. The van der Waals surface area contributed by atoms with Crippen LogP contribution in [0, 0.1) is 5.92 Å². The fraction of sp³-hybridized carbons (Fsp3) is 0.409. The molecule has 1 N–H and O–H groups in total. The third-order valence-corrected chi connectivity index (χ3v) is 4.58. The van der Waals surface area contributed by atoms with Crippen LogP contribution in [0.1, 0.15) is 50.8 Å². The first-order chi connectivity index (χ1) is 13.3. The Morgan fingerprint density at radius 1 is 1.18 bits per heavy atom. The first-order valence-corrected chi connectivity index (χ1v) is 15.5. The summed E-state index contributed by atoms with van der Waals surface area (Å²) in [5.41, 5.74) is 2.33. The summed E-state index contributed by atoms with van der Waals surface area (Å²) in [6.07, 6.45) is 2.79. The zero-order valence-electron chi connectivity index (χ0n) is 17.2. The van der Waals surface area contributed by atoms with Gasteiger partial charge in [-0.15, -0.1) is 0 Å². The predicted octanol–water partition coefficient (Wildman–Crippen LogP) is 6.57. The van der Waals surface area contributed by atoms with E-state index >= 15 is 0 Å². The molecule has 0 radical (unpaired) electrons. The van der Waals surface area contributed by atoms with Crippen LogP contribution in [0.5, 0.6) is 11.5 Å². The molecule has 6 heteroatoms. The van der Waals surface area contributed by atoms with E-state index in [1.54, 1.807) is 13.3 Å². The average Bonchev–Trinajstić information content (AvgIpc) is 2.67. The molecule has 2 aromatic carbocycles. The van der Waals surface area contributed by atoms with E-state index in [2.05, 4.69) is 44.8 Å². The van der Waals surface area contributed by atoms with Gasteiger partial charge in [-0.25, -0.2) is 0 Å². The third-order valence-electron chi connectivity index (χ3n) is 4.58. The van der Waals surface area contributed by atoms with Crippen molar-refractivity contribution >= 4 is 23.2 Å². The van der Waals surface area contributed by atoms with Crippen LogP contribution in [0.25, 0.3) is 0 Å². The number of aliphatic imine (C=N–C) groups is 1. The van der Waals surface area contributed by atoms with Gasteiger partial charge in [-0.1, -0.05) is 58.0 Å². The molecule has 2 rings (SSSR count). The quantitative estimate of drug-likeness (QED) is 0.436. The van der Waals surface area contributed by atoms with E-state index in [1.165, 1.54) is 0 Å². The number of hydrogen-bond acceptors (Lipinski definition) is 3. The molecule has 0 amide bonds. The van der Waals surface area contributed by atoms with Crippen molar-refractivity contribution in [3.63, 3.8) is 0 Å². The second-order valence-corrected chi connectivity index (χ2v) is 11.1. The number of methoxy groups -OCH3 is 1. The molecule has 0 heterocycles. The van der Waals surface area contributed by atoms with Gasteiger partial charge >= 0.3 is 37.9 Å². The number of nitrogens with zero attached hydrogens (tertiary/aromatic N) is 1. The van der Waals surface area contributed by atoms with Crippen molar-refractivity contribution in [1.29, 1.82) is 0 Å². The van der Waals surface area contributed by atoms with Gasteiger partial charge in [0.15, 0.2) is 0 Å². The molecule has 0 spiro atoms. The van der Waals surface area contributed by atoms with Crippen LogP contribution < -0.4 is 4.74 Å². The van der Waals surface area contributed by atoms with Gasteiger partial charge in [-0.3, -0.25) is 4.99 Å². The normalized spacial score (nSPS) is 11.3. The molecule has 28 heavy (non-hydrogen) atoms. The van der Waals surface area contributed by atoms with Crippen LogP contribution >= 0.6 is 17.0 Å². The molecule has 0 aliphatic carbocycles. The molecule has 0 bridgehead atoms. The first kappa shape index (κ1) is 25.2. The molecule has 3 nitrogen and oxygen atoms in total. The van der Waals surface area contributed by atoms with Crippen molar-refractivity contribution in [2.75, 3.05) is 13.7 Å². The van der Waals surface area contributed by atoms with Gasteiger partial charge in [-0.05, 0) is 30.0 Å². The van der Waals surface area contributed by atoms with Gasteiger partial charge in [0, 0.05) is 29.3 Å².